The molecule has 0 aromatic heterocycles. The number of benzene rings is 1. The van der Waals surface area contributed by atoms with Gasteiger partial charge in [0.2, 0.25) is 0 Å². The van der Waals surface area contributed by atoms with Crippen molar-refractivity contribution in [2.75, 3.05) is 6.61 Å². The van der Waals surface area contributed by atoms with Gasteiger partial charge >= 0.3 is 5.43 Å². The fraction of sp³-hybridized carbons (Fsp3) is 0.696. The van der Waals surface area contributed by atoms with Crippen LogP contribution in [0, 0.1) is 0 Å². The third-order valence-corrected chi connectivity index (χ3v) is 5.03. The molecule has 0 spiro atoms. The van der Waals surface area contributed by atoms with E-state index in [1.165, 1.54) is 81.8 Å². The maximum absolute atomic E-state index is 10.5. The highest BCUT2D eigenvalue weighted by Crippen LogP contribution is 2.14. The Morgan fingerprint density at radius 2 is 1.15 bits per heavy atom. The van der Waals surface area contributed by atoms with Crippen LogP contribution < -0.4 is 0 Å². The molecular weight excluding hydrogens is 344 g/mol. The van der Waals surface area contributed by atoms with Gasteiger partial charge in [-0.2, -0.15) is 0 Å². The second-order valence-electron chi connectivity index (χ2n) is 7.29. The normalized spacial score (nSPS) is 10.8. The van der Waals surface area contributed by atoms with Crippen LogP contribution in [-0.2, 0) is 17.6 Å². The molecule has 0 heterocycles. The molecule has 0 bridgehead atoms. The SMILES string of the molecule is CCCCCCCCCCCCc1ccc(CCCCOC(=O)Cl)cc1. The van der Waals surface area contributed by atoms with Gasteiger partial charge in [0.25, 0.3) is 0 Å². The second kappa shape index (κ2) is 16.2. The van der Waals surface area contributed by atoms with Crippen molar-refractivity contribution in [2.24, 2.45) is 0 Å². The first-order chi connectivity index (χ1) is 12.7. The van der Waals surface area contributed by atoms with Crippen molar-refractivity contribution in [1.29, 1.82) is 0 Å². The number of ether oxygens (including phenoxy) is 1. The van der Waals surface area contributed by atoms with Crippen LogP contribution in [0.2, 0.25) is 0 Å². The minimum absolute atomic E-state index is 0.416. The summed E-state index contributed by atoms with van der Waals surface area (Å²) in [6, 6.07) is 9.00. The first kappa shape index (κ1) is 23.0. The highest BCUT2D eigenvalue weighted by molar-refractivity contribution is 6.61. The summed E-state index contributed by atoms with van der Waals surface area (Å²) in [6.07, 6.45) is 18.0. The summed E-state index contributed by atoms with van der Waals surface area (Å²) in [5.74, 6) is 0. The number of rotatable bonds is 16. The van der Waals surface area contributed by atoms with Gasteiger partial charge in [-0.3, -0.25) is 0 Å². The largest absolute Gasteiger partial charge is 0.454 e. The number of halogens is 1. The van der Waals surface area contributed by atoms with E-state index < -0.39 is 5.43 Å². The average molecular weight is 381 g/mol. The molecule has 3 heteroatoms. The Bertz CT molecular complexity index is 456. The number of aryl methyl sites for hydroxylation is 2. The molecular formula is C23H37ClO2. The number of hydrogen-bond acceptors (Lipinski definition) is 2. The molecule has 2 nitrogen and oxygen atoms in total. The molecule has 0 atom stereocenters. The quantitative estimate of drug-likeness (QED) is 0.215. The van der Waals surface area contributed by atoms with Crippen molar-refractivity contribution < 1.29 is 9.53 Å². The number of hydrogen-bond donors (Lipinski definition) is 0. The zero-order valence-corrected chi connectivity index (χ0v) is 17.4. The first-order valence-corrected chi connectivity index (χ1v) is 11.0. The molecule has 1 rings (SSSR count). The summed E-state index contributed by atoms with van der Waals surface area (Å²) in [5.41, 5.74) is 2.10. The van der Waals surface area contributed by atoms with Gasteiger partial charge in [0.1, 0.15) is 0 Å². The predicted octanol–water partition coefficient (Wildman–Crippen LogP) is 7.85. The van der Waals surface area contributed by atoms with E-state index in [1.807, 2.05) is 0 Å². The van der Waals surface area contributed by atoms with Crippen LogP contribution >= 0.6 is 11.6 Å². The van der Waals surface area contributed by atoms with E-state index in [0.29, 0.717) is 6.61 Å². The van der Waals surface area contributed by atoms with Crippen LogP contribution in [0.5, 0.6) is 0 Å². The van der Waals surface area contributed by atoms with Gasteiger partial charge < -0.3 is 4.74 Å². The molecule has 0 aliphatic heterocycles. The standard InChI is InChI=1S/C23H37ClO2/c1-2-3-4-5-6-7-8-9-10-11-14-21-16-18-22(19-17-21)15-12-13-20-26-23(24)25/h16-19H,2-15,20H2,1H3. The van der Waals surface area contributed by atoms with Crippen LogP contribution in [0.25, 0.3) is 0 Å². The van der Waals surface area contributed by atoms with Crippen molar-refractivity contribution in [3.63, 3.8) is 0 Å². The molecule has 0 aliphatic rings. The minimum Gasteiger partial charge on any atom is -0.454 e. The molecule has 0 N–H and O–H groups in total. The van der Waals surface area contributed by atoms with Crippen LogP contribution in [0.15, 0.2) is 24.3 Å². The fourth-order valence-electron chi connectivity index (χ4n) is 3.27. The zero-order chi connectivity index (χ0) is 18.9. The second-order valence-corrected chi connectivity index (χ2v) is 7.60. The van der Waals surface area contributed by atoms with Crippen LogP contribution in [-0.4, -0.2) is 12.0 Å². The lowest BCUT2D eigenvalue weighted by atomic mass is 10.0. The lowest BCUT2D eigenvalue weighted by Crippen LogP contribution is -1.97. The highest BCUT2D eigenvalue weighted by Gasteiger charge is 1.99. The summed E-state index contributed by atoms with van der Waals surface area (Å²) < 4.78 is 4.73. The topological polar surface area (TPSA) is 26.3 Å². The van der Waals surface area contributed by atoms with Crippen molar-refractivity contribution in [2.45, 2.75) is 96.8 Å². The highest BCUT2D eigenvalue weighted by atomic mass is 35.5. The molecule has 0 aliphatic carbocycles. The van der Waals surface area contributed by atoms with Gasteiger partial charge in [-0.1, -0.05) is 89.0 Å². The summed E-state index contributed by atoms with van der Waals surface area (Å²) in [7, 11) is 0. The Labute approximate surface area is 165 Å². The Balaban J connectivity index is 1.98. The number of carbonyl (C=O) groups excluding carboxylic acids is 1. The van der Waals surface area contributed by atoms with Gasteiger partial charge in [-0.25, -0.2) is 4.79 Å². The Morgan fingerprint density at radius 3 is 1.62 bits per heavy atom. The van der Waals surface area contributed by atoms with Crippen molar-refractivity contribution >= 4 is 17.0 Å². The Kier molecular flexibility index (Phi) is 14.3. The predicted molar refractivity (Wildman–Crippen MR) is 112 cm³/mol. The maximum Gasteiger partial charge on any atom is 0.403 e. The van der Waals surface area contributed by atoms with Gasteiger partial charge in [0.15, 0.2) is 0 Å². The average Bonchev–Trinajstić information content (AvgIpc) is 2.64. The molecule has 0 unspecified atom stereocenters. The smallest absolute Gasteiger partial charge is 0.403 e. The Hall–Kier alpha value is -1.02. The fourth-order valence-corrected chi connectivity index (χ4v) is 3.35. The molecule has 0 fully saturated rings. The summed E-state index contributed by atoms with van der Waals surface area (Å²) in [6.45, 7) is 2.69. The molecule has 0 amide bonds. The first-order valence-electron chi connectivity index (χ1n) is 10.6. The van der Waals surface area contributed by atoms with E-state index >= 15 is 0 Å². The van der Waals surface area contributed by atoms with Crippen molar-refractivity contribution in [1.82, 2.24) is 0 Å². The molecule has 0 saturated carbocycles. The molecule has 26 heavy (non-hydrogen) atoms. The summed E-state index contributed by atoms with van der Waals surface area (Å²) in [4.78, 5) is 10.5. The van der Waals surface area contributed by atoms with Crippen molar-refractivity contribution in [3.8, 4) is 0 Å². The van der Waals surface area contributed by atoms with E-state index in [4.69, 9.17) is 16.3 Å². The third kappa shape index (κ3) is 13.2. The molecule has 0 radical (unpaired) electrons. The third-order valence-electron chi connectivity index (χ3n) is 4.92. The zero-order valence-electron chi connectivity index (χ0n) is 16.6. The van der Waals surface area contributed by atoms with Gasteiger partial charge in [-0.15, -0.1) is 0 Å². The number of unbranched alkanes of at least 4 members (excludes halogenated alkanes) is 10. The lowest BCUT2D eigenvalue weighted by molar-refractivity contribution is 0.171. The van der Waals surface area contributed by atoms with E-state index in [0.717, 1.165) is 19.3 Å². The summed E-state index contributed by atoms with van der Waals surface area (Å²) in [5, 5.41) is 0. The van der Waals surface area contributed by atoms with E-state index in [1.54, 1.807) is 0 Å². The van der Waals surface area contributed by atoms with Crippen LogP contribution in [0.4, 0.5) is 4.79 Å². The van der Waals surface area contributed by atoms with Gasteiger partial charge in [-0.05, 0) is 43.2 Å². The van der Waals surface area contributed by atoms with Crippen molar-refractivity contribution in [3.05, 3.63) is 35.4 Å². The molecule has 0 saturated heterocycles. The van der Waals surface area contributed by atoms with E-state index in [9.17, 15) is 4.79 Å². The van der Waals surface area contributed by atoms with Gasteiger partial charge in [0, 0.05) is 11.6 Å². The monoisotopic (exact) mass is 380 g/mol. The maximum atomic E-state index is 10.5. The Morgan fingerprint density at radius 1 is 0.731 bits per heavy atom. The van der Waals surface area contributed by atoms with E-state index in [2.05, 4.69) is 31.2 Å². The minimum atomic E-state index is -0.707. The van der Waals surface area contributed by atoms with Crippen LogP contribution in [0.1, 0.15) is 95.1 Å². The summed E-state index contributed by atoms with van der Waals surface area (Å²) >= 11 is 5.13. The van der Waals surface area contributed by atoms with Crippen LogP contribution in [0.3, 0.4) is 0 Å². The number of carbonyl (C=O) groups is 1. The van der Waals surface area contributed by atoms with E-state index in [-0.39, 0.29) is 0 Å². The molecule has 1 aromatic rings. The molecule has 1 aromatic carbocycles. The lowest BCUT2D eigenvalue weighted by Gasteiger charge is -2.05. The van der Waals surface area contributed by atoms with Gasteiger partial charge in [0.05, 0.1) is 6.61 Å². The molecule has 148 valence electrons.